The molecule has 0 aromatic heterocycles. The van der Waals surface area contributed by atoms with Crippen molar-refractivity contribution in [2.24, 2.45) is 11.7 Å². The van der Waals surface area contributed by atoms with E-state index >= 15 is 0 Å². The zero-order valence-electron chi connectivity index (χ0n) is 13.8. The molecule has 1 saturated carbocycles. The fraction of sp³-hybridized carbons (Fsp3) is 0.684. The van der Waals surface area contributed by atoms with Gasteiger partial charge in [0.1, 0.15) is 11.9 Å². The van der Waals surface area contributed by atoms with Gasteiger partial charge in [0.05, 0.1) is 0 Å². The van der Waals surface area contributed by atoms with Gasteiger partial charge in [-0.25, -0.2) is 0 Å². The summed E-state index contributed by atoms with van der Waals surface area (Å²) < 4.78 is 6.37. The SMILES string of the molecule is CCCC1CCC(N)C(Oc2ccccc2C(C)CC)C1. The molecule has 4 unspecified atom stereocenters. The van der Waals surface area contributed by atoms with Gasteiger partial charge >= 0.3 is 0 Å². The van der Waals surface area contributed by atoms with Gasteiger partial charge in [0, 0.05) is 6.04 Å². The number of rotatable bonds is 6. The molecule has 2 N–H and O–H groups in total. The van der Waals surface area contributed by atoms with Crippen LogP contribution in [0.5, 0.6) is 5.75 Å². The maximum atomic E-state index is 6.37. The molecule has 1 aliphatic rings. The molecule has 2 heteroatoms. The Morgan fingerprint density at radius 3 is 2.71 bits per heavy atom. The first-order chi connectivity index (χ1) is 10.2. The summed E-state index contributed by atoms with van der Waals surface area (Å²) in [4.78, 5) is 0. The molecule has 0 spiro atoms. The van der Waals surface area contributed by atoms with E-state index < -0.39 is 0 Å². The van der Waals surface area contributed by atoms with Crippen LogP contribution in [0, 0.1) is 5.92 Å². The molecule has 118 valence electrons. The number of benzene rings is 1. The highest BCUT2D eigenvalue weighted by molar-refractivity contribution is 5.36. The number of para-hydroxylation sites is 1. The highest BCUT2D eigenvalue weighted by Gasteiger charge is 2.29. The van der Waals surface area contributed by atoms with E-state index in [1.807, 2.05) is 0 Å². The molecule has 0 radical (unpaired) electrons. The highest BCUT2D eigenvalue weighted by Crippen LogP contribution is 2.33. The van der Waals surface area contributed by atoms with Crippen molar-refractivity contribution in [1.29, 1.82) is 0 Å². The third-order valence-electron chi connectivity index (χ3n) is 4.99. The van der Waals surface area contributed by atoms with Crippen molar-refractivity contribution < 1.29 is 4.74 Å². The highest BCUT2D eigenvalue weighted by atomic mass is 16.5. The minimum Gasteiger partial charge on any atom is -0.489 e. The lowest BCUT2D eigenvalue weighted by atomic mass is 9.82. The van der Waals surface area contributed by atoms with E-state index in [4.69, 9.17) is 10.5 Å². The summed E-state index contributed by atoms with van der Waals surface area (Å²) in [6.07, 6.45) is 7.36. The van der Waals surface area contributed by atoms with Crippen molar-refractivity contribution in [1.82, 2.24) is 0 Å². The molecule has 21 heavy (non-hydrogen) atoms. The quantitative estimate of drug-likeness (QED) is 0.810. The van der Waals surface area contributed by atoms with E-state index in [-0.39, 0.29) is 12.1 Å². The summed E-state index contributed by atoms with van der Waals surface area (Å²) in [7, 11) is 0. The van der Waals surface area contributed by atoms with E-state index in [2.05, 4.69) is 45.0 Å². The summed E-state index contributed by atoms with van der Waals surface area (Å²) in [6.45, 7) is 6.76. The lowest BCUT2D eigenvalue weighted by Crippen LogP contribution is -2.44. The number of nitrogens with two attached hydrogens (primary N) is 1. The second-order valence-electron chi connectivity index (χ2n) is 6.64. The van der Waals surface area contributed by atoms with E-state index in [0.29, 0.717) is 5.92 Å². The first-order valence-corrected chi connectivity index (χ1v) is 8.66. The van der Waals surface area contributed by atoms with Gasteiger partial charge in [-0.1, -0.05) is 51.8 Å². The van der Waals surface area contributed by atoms with Crippen molar-refractivity contribution >= 4 is 0 Å². The molecule has 0 heterocycles. The average molecular weight is 289 g/mol. The van der Waals surface area contributed by atoms with Crippen LogP contribution in [-0.2, 0) is 0 Å². The Kier molecular flexibility index (Phi) is 6.10. The summed E-state index contributed by atoms with van der Waals surface area (Å²) >= 11 is 0. The molecule has 1 aliphatic carbocycles. The Labute approximate surface area is 130 Å². The van der Waals surface area contributed by atoms with Crippen LogP contribution in [0.3, 0.4) is 0 Å². The molecule has 1 aromatic carbocycles. The van der Waals surface area contributed by atoms with Crippen LogP contribution in [0.4, 0.5) is 0 Å². The Morgan fingerprint density at radius 1 is 1.24 bits per heavy atom. The molecule has 4 atom stereocenters. The fourth-order valence-corrected chi connectivity index (χ4v) is 3.42. The predicted molar refractivity (Wildman–Crippen MR) is 89.8 cm³/mol. The minimum absolute atomic E-state index is 0.181. The van der Waals surface area contributed by atoms with Crippen molar-refractivity contribution in [3.05, 3.63) is 29.8 Å². The van der Waals surface area contributed by atoms with Crippen molar-refractivity contribution in [3.8, 4) is 5.75 Å². The van der Waals surface area contributed by atoms with Crippen LogP contribution in [0.2, 0.25) is 0 Å². The zero-order valence-corrected chi connectivity index (χ0v) is 13.8. The molecule has 0 saturated heterocycles. The molecule has 0 amide bonds. The molecule has 0 aliphatic heterocycles. The Bertz CT molecular complexity index is 431. The van der Waals surface area contributed by atoms with Crippen LogP contribution in [0.15, 0.2) is 24.3 Å². The fourth-order valence-electron chi connectivity index (χ4n) is 3.42. The molecule has 1 aromatic rings. The average Bonchev–Trinajstić information content (AvgIpc) is 2.50. The number of hydrogen-bond donors (Lipinski definition) is 1. The second-order valence-corrected chi connectivity index (χ2v) is 6.64. The van der Waals surface area contributed by atoms with E-state index in [9.17, 15) is 0 Å². The zero-order chi connectivity index (χ0) is 15.2. The smallest absolute Gasteiger partial charge is 0.123 e. The molecule has 0 bridgehead atoms. The minimum atomic E-state index is 0.181. The normalized spacial score (nSPS) is 27.3. The van der Waals surface area contributed by atoms with Gasteiger partial charge in [-0.2, -0.15) is 0 Å². The summed E-state index contributed by atoms with van der Waals surface area (Å²) in [5.41, 5.74) is 7.64. The van der Waals surface area contributed by atoms with Gasteiger partial charge in [0.25, 0.3) is 0 Å². The Balaban J connectivity index is 2.09. The molecule has 2 rings (SSSR count). The van der Waals surface area contributed by atoms with E-state index in [1.165, 1.54) is 24.8 Å². The van der Waals surface area contributed by atoms with Gasteiger partial charge in [-0.3, -0.25) is 0 Å². The van der Waals surface area contributed by atoms with Gasteiger partial charge in [-0.05, 0) is 49.1 Å². The predicted octanol–water partition coefficient (Wildman–Crippen LogP) is 4.88. The summed E-state index contributed by atoms with van der Waals surface area (Å²) in [5.74, 6) is 2.37. The first kappa shape index (κ1) is 16.4. The second kappa shape index (κ2) is 7.84. The van der Waals surface area contributed by atoms with Crippen molar-refractivity contribution in [3.63, 3.8) is 0 Å². The van der Waals surface area contributed by atoms with Crippen LogP contribution in [0.1, 0.15) is 70.8 Å². The third-order valence-corrected chi connectivity index (χ3v) is 4.99. The third kappa shape index (κ3) is 4.23. The maximum Gasteiger partial charge on any atom is 0.123 e. The number of hydrogen-bond acceptors (Lipinski definition) is 2. The van der Waals surface area contributed by atoms with E-state index in [0.717, 1.165) is 30.9 Å². The lowest BCUT2D eigenvalue weighted by Gasteiger charge is -2.35. The molecule has 1 fully saturated rings. The van der Waals surface area contributed by atoms with Gasteiger partial charge in [0.15, 0.2) is 0 Å². The van der Waals surface area contributed by atoms with Gasteiger partial charge in [-0.15, -0.1) is 0 Å². The summed E-state index contributed by atoms with van der Waals surface area (Å²) in [5, 5.41) is 0. The largest absolute Gasteiger partial charge is 0.489 e. The molecule has 2 nitrogen and oxygen atoms in total. The van der Waals surface area contributed by atoms with Crippen LogP contribution >= 0.6 is 0 Å². The molecular weight excluding hydrogens is 258 g/mol. The lowest BCUT2D eigenvalue weighted by molar-refractivity contribution is 0.0980. The summed E-state index contributed by atoms with van der Waals surface area (Å²) in [6, 6.07) is 8.66. The number of ether oxygens (including phenoxy) is 1. The van der Waals surface area contributed by atoms with Crippen LogP contribution < -0.4 is 10.5 Å². The first-order valence-electron chi connectivity index (χ1n) is 8.66. The van der Waals surface area contributed by atoms with Crippen LogP contribution in [-0.4, -0.2) is 12.1 Å². The molecular formula is C19H31NO. The topological polar surface area (TPSA) is 35.2 Å². The maximum absolute atomic E-state index is 6.37. The Morgan fingerprint density at radius 2 is 2.00 bits per heavy atom. The van der Waals surface area contributed by atoms with Gasteiger partial charge in [0.2, 0.25) is 0 Å². The van der Waals surface area contributed by atoms with Crippen LogP contribution in [0.25, 0.3) is 0 Å². The van der Waals surface area contributed by atoms with E-state index in [1.54, 1.807) is 0 Å². The van der Waals surface area contributed by atoms with Crippen molar-refractivity contribution in [2.75, 3.05) is 0 Å². The monoisotopic (exact) mass is 289 g/mol. The van der Waals surface area contributed by atoms with Gasteiger partial charge < -0.3 is 10.5 Å². The van der Waals surface area contributed by atoms with Crippen molar-refractivity contribution in [2.45, 2.75) is 77.4 Å². The standard InChI is InChI=1S/C19H31NO/c1-4-8-15-11-12-17(20)19(13-15)21-18-10-7-6-9-16(18)14(3)5-2/h6-7,9-10,14-15,17,19H,4-5,8,11-13,20H2,1-3H3. The Hall–Kier alpha value is -1.02.